The molecule has 3 atom stereocenters. The van der Waals surface area contributed by atoms with Crippen LogP contribution in [0.15, 0.2) is 30.5 Å². The topological polar surface area (TPSA) is 63.2 Å². The molecule has 0 spiro atoms. The SMILES string of the molecule is Cc1cccc([C@@H](C)Nc2nnc(C)c3cnc(N4C[C@H](C)O[C@@H](C)C4)cc23)c1C. The molecule has 158 valence electrons. The van der Waals surface area contributed by atoms with Crippen molar-refractivity contribution in [1.29, 1.82) is 0 Å². The molecule has 0 amide bonds. The Morgan fingerprint density at radius 3 is 2.53 bits per heavy atom. The van der Waals surface area contributed by atoms with Crippen LogP contribution in [0.3, 0.4) is 0 Å². The fourth-order valence-electron chi connectivity index (χ4n) is 4.33. The van der Waals surface area contributed by atoms with Crippen LogP contribution in [0.1, 0.15) is 49.2 Å². The summed E-state index contributed by atoms with van der Waals surface area (Å²) in [5.74, 6) is 1.75. The Bertz CT molecular complexity index is 1060. The Kier molecular flexibility index (Phi) is 5.60. The molecule has 0 unspecified atom stereocenters. The molecule has 1 aliphatic rings. The zero-order valence-electron chi connectivity index (χ0n) is 18.7. The third-order valence-electron chi connectivity index (χ3n) is 6.04. The van der Waals surface area contributed by atoms with Crippen LogP contribution in [0.2, 0.25) is 0 Å². The van der Waals surface area contributed by atoms with Crippen molar-refractivity contribution in [2.75, 3.05) is 23.3 Å². The standard InChI is InChI=1S/C24H31N5O/c1-14-8-7-9-20(17(14)4)18(5)26-24-21-10-23(25-11-22(21)19(6)27-28-24)29-12-15(2)30-16(3)13-29/h7-11,15-16,18H,12-13H2,1-6H3,(H,26,28)/t15-,16-,18+/m0/s1. The summed E-state index contributed by atoms with van der Waals surface area (Å²) in [5, 5.41) is 14.6. The lowest BCUT2D eigenvalue weighted by Gasteiger charge is -2.36. The zero-order chi connectivity index (χ0) is 21.4. The Hall–Kier alpha value is -2.73. The monoisotopic (exact) mass is 405 g/mol. The molecule has 0 aliphatic carbocycles. The van der Waals surface area contributed by atoms with Crippen molar-refractivity contribution in [2.45, 2.75) is 59.8 Å². The summed E-state index contributed by atoms with van der Waals surface area (Å²) < 4.78 is 5.89. The number of rotatable bonds is 4. The summed E-state index contributed by atoms with van der Waals surface area (Å²) in [7, 11) is 0. The predicted molar refractivity (Wildman–Crippen MR) is 122 cm³/mol. The Labute approximate surface area is 178 Å². The predicted octanol–water partition coefficient (Wildman–Crippen LogP) is 4.74. The van der Waals surface area contributed by atoms with Crippen LogP contribution in [0.4, 0.5) is 11.6 Å². The quantitative estimate of drug-likeness (QED) is 0.677. The molecule has 1 saturated heterocycles. The molecule has 0 bridgehead atoms. The number of benzene rings is 1. The Morgan fingerprint density at radius 2 is 1.80 bits per heavy atom. The molecule has 3 heterocycles. The lowest BCUT2D eigenvalue weighted by Crippen LogP contribution is -2.45. The van der Waals surface area contributed by atoms with E-state index in [0.717, 1.165) is 41.2 Å². The molecule has 0 saturated carbocycles. The van der Waals surface area contributed by atoms with Gasteiger partial charge in [0.2, 0.25) is 0 Å². The third-order valence-corrected chi connectivity index (χ3v) is 6.04. The molecule has 1 fully saturated rings. The summed E-state index contributed by atoms with van der Waals surface area (Å²) in [6, 6.07) is 8.69. The van der Waals surface area contributed by atoms with Gasteiger partial charge in [0.05, 0.1) is 23.9 Å². The number of aryl methyl sites for hydroxylation is 2. The maximum absolute atomic E-state index is 5.89. The van der Waals surface area contributed by atoms with E-state index in [1.165, 1.54) is 16.7 Å². The highest BCUT2D eigenvalue weighted by Gasteiger charge is 2.24. The van der Waals surface area contributed by atoms with Crippen LogP contribution in [-0.4, -0.2) is 40.5 Å². The first-order valence-corrected chi connectivity index (χ1v) is 10.7. The molecule has 1 aromatic carbocycles. The lowest BCUT2D eigenvalue weighted by molar-refractivity contribution is -0.00544. The zero-order valence-corrected chi connectivity index (χ0v) is 18.7. The summed E-state index contributed by atoms with van der Waals surface area (Å²) in [5.41, 5.74) is 4.76. The molecule has 3 aromatic rings. The summed E-state index contributed by atoms with van der Waals surface area (Å²) in [4.78, 5) is 7.04. The van der Waals surface area contributed by atoms with Gasteiger partial charge in [0, 0.05) is 30.1 Å². The van der Waals surface area contributed by atoms with Crippen LogP contribution < -0.4 is 10.2 Å². The first-order valence-electron chi connectivity index (χ1n) is 10.7. The number of hydrogen-bond donors (Lipinski definition) is 1. The van der Waals surface area contributed by atoms with E-state index in [-0.39, 0.29) is 18.2 Å². The van der Waals surface area contributed by atoms with E-state index in [9.17, 15) is 0 Å². The van der Waals surface area contributed by atoms with E-state index in [2.05, 4.69) is 79.3 Å². The summed E-state index contributed by atoms with van der Waals surface area (Å²) in [6.45, 7) is 14.4. The number of pyridine rings is 1. The van der Waals surface area contributed by atoms with Crippen molar-refractivity contribution >= 4 is 22.4 Å². The van der Waals surface area contributed by atoms with Crippen molar-refractivity contribution in [2.24, 2.45) is 0 Å². The lowest BCUT2D eigenvalue weighted by atomic mass is 9.98. The van der Waals surface area contributed by atoms with Crippen molar-refractivity contribution < 1.29 is 4.74 Å². The number of morpholine rings is 1. The highest BCUT2D eigenvalue weighted by atomic mass is 16.5. The van der Waals surface area contributed by atoms with Gasteiger partial charge < -0.3 is 15.0 Å². The van der Waals surface area contributed by atoms with Crippen molar-refractivity contribution in [3.8, 4) is 0 Å². The first-order chi connectivity index (χ1) is 14.3. The van der Waals surface area contributed by atoms with Gasteiger partial charge in [0.15, 0.2) is 5.82 Å². The molecule has 1 N–H and O–H groups in total. The molecule has 1 aliphatic heterocycles. The van der Waals surface area contributed by atoms with Crippen LogP contribution in [0, 0.1) is 20.8 Å². The second kappa shape index (κ2) is 8.19. The van der Waals surface area contributed by atoms with Crippen LogP contribution in [0.5, 0.6) is 0 Å². The van der Waals surface area contributed by atoms with Crippen molar-refractivity contribution in [1.82, 2.24) is 15.2 Å². The average molecular weight is 406 g/mol. The smallest absolute Gasteiger partial charge is 0.157 e. The van der Waals surface area contributed by atoms with Gasteiger partial charge in [-0.15, -0.1) is 5.10 Å². The van der Waals surface area contributed by atoms with Crippen LogP contribution in [0.25, 0.3) is 10.8 Å². The van der Waals surface area contributed by atoms with E-state index in [4.69, 9.17) is 9.72 Å². The number of nitrogens with zero attached hydrogens (tertiary/aromatic N) is 4. The van der Waals surface area contributed by atoms with E-state index in [1.807, 2.05) is 13.1 Å². The van der Waals surface area contributed by atoms with Gasteiger partial charge in [-0.25, -0.2) is 4.98 Å². The van der Waals surface area contributed by atoms with Crippen LogP contribution >= 0.6 is 0 Å². The third kappa shape index (κ3) is 3.97. The molecule has 6 heteroatoms. The van der Waals surface area contributed by atoms with Gasteiger partial charge in [-0.2, -0.15) is 5.10 Å². The van der Waals surface area contributed by atoms with Gasteiger partial charge in [0.25, 0.3) is 0 Å². The number of aromatic nitrogens is 3. The minimum atomic E-state index is 0.116. The minimum absolute atomic E-state index is 0.116. The maximum atomic E-state index is 5.89. The van der Waals surface area contributed by atoms with E-state index < -0.39 is 0 Å². The molecular formula is C24H31N5O. The fourth-order valence-corrected chi connectivity index (χ4v) is 4.33. The van der Waals surface area contributed by atoms with Gasteiger partial charge in [-0.3, -0.25) is 0 Å². The number of ether oxygens (including phenoxy) is 1. The van der Waals surface area contributed by atoms with Gasteiger partial charge in [0.1, 0.15) is 5.82 Å². The fraction of sp³-hybridized carbons (Fsp3) is 0.458. The number of hydrogen-bond acceptors (Lipinski definition) is 6. The highest BCUT2D eigenvalue weighted by Crippen LogP contribution is 2.30. The molecule has 6 nitrogen and oxygen atoms in total. The Morgan fingerprint density at radius 1 is 1.07 bits per heavy atom. The molecule has 0 radical (unpaired) electrons. The van der Waals surface area contributed by atoms with Gasteiger partial charge in [-0.05, 0) is 64.3 Å². The average Bonchev–Trinajstić information content (AvgIpc) is 2.71. The molecule has 2 aromatic heterocycles. The number of nitrogens with one attached hydrogen (secondary N) is 1. The summed E-state index contributed by atoms with van der Waals surface area (Å²) >= 11 is 0. The van der Waals surface area contributed by atoms with Gasteiger partial charge >= 0.3 is 0 Å². The molecule has 4 rings (SSSR count). The van der Waals surface area contributed by atoms with Crippen LogP contribution in [-0.2, 0) is 4.74 Å². The van der Waals surface area contributed by atoms with Crippen molar-refractivity contribution in [3.05, 3.63) is 52.8 Å². The highest BCUT2D eigenvalue weighted by molar-refractivity contribution is 5.94. The van der Waals surface area contributed by atoms with Gasteiger partial charge in [-0.1, -0.05) is 18.2 Å². The number of anilines is 2. The van der Waals surface area contributed by atoms with Crippen molar-refractivity contribution in [3.63, 3.8) is 0 Å². The number of fused-ring (bicyclic) bond motifs is 1. The van der Waals surface area contributed by atoms with E-state index in [0.29, 0.717) is 0 Å². The first kappa shape index (κ1) is 20.5. The van der Waals surface area contributed by atoms with E-state index in [1.54, 1.807) is 0 Å². The second-order valence-electron chi connectivity index (χ2n) is 8.54. The largest absolute Gasteiger partial charge is 0.372 e. The minimum Gasteiger partial charge on any atom is -0.372 e. The van der Waals surface area contributed by atoms with E-state index >= 15 is 0 Å². The maximum Gasteiger partial charge on any atom is 0.157 e. The summed E-state index contributed by atoms with van der Waals surface area (Å²) in [6.07, 6.45) is 2.30. The second-order valence-corrected chi connectivity index (χ2v) is 8.54. The molecular weight excluding hydrogens is 374 g/mol. The molecule has 30 heavy (non-hydrogen) atoms. The normalized spacial score (nSPS) is 20.4. The Balaban J connectivity index is 1.71.